The molecular weight excluding hydrogens is 357 g/mol. The fraction of sp³-hybridized carbons (Fsp3) is 0.591. The van der Waals surface area contributed by atoms with E-state index in [9.17, 15) is 9.50 Å². The van der Waals surface area contributed by atoms with E-state index in [1.807, 2.05) is 6.07 Å². The number of rotatable bonds is 6. The molecule has 0 saturated carbocycles. The SMILES string of the molecule is CN1CCN(C2CCc3onc(CCC(CO)c4cccc(F)c4)c3C2)CC1. The van der Waals surface area contributed by atoms with Crippen molar-refractivity contribution in [2.24, 2.45) is 0 Å². The third kappa shape index (κ3) is 4.29. The topological polar surface area (TPSA) is 52.7 Å². The zero-order valence-electron chi connectivity index (χ0n) is 16.6. The fourth-order valence-corrected chi connectivity index (χ4v) is 4.58. The van der Waals surface area contributed by atoms with Crippen LogP contribution in [0.3, 0.4) is 0 Å². The van der Waals surface area contributed by atoms with Crippen molar-refractivity contribution in [3.8, 4) is 0 Å². The molecule has 6 heteroatoms. The Morgan fingerprint density at radius 2 is 2.11 bits per heavy atom. The van der Waals surface area contributed by atoms with Crippen LogP contribution in [0.4, 0.5) is 4.39 Å². The van der Waals surface area contributed by atoms with Crippen LogP contribution in [0, 0.1) is 5.82 Å². The zero-order chi connectivity index (χ0) is 19.5. The number of aliphatic hydroxyl groups excluding tert-OH is 1. The first-order valence-corrected chi connectivity index (χ1v) is 10.4. The number of aryl methyl sites for hydroxylation is 2. The number of aromatic nitrogens is 1. The van der Waals surface area contributed by atoms with Crippen molar-refractivity contribution in [1.82, 2.24) is 15.0 Å². The Bertz CT molecular complexity index is 786. The number of hydrogen-bond donors (Lipinski definition) is 1. The lowest BCUT2D eigenvalue weighted by Gasteiger charge is -2.39. The number of fused-ring (bicyclic) bond motifs is 1. The van der Waals surface area contributed by atoms with Crippen molar-refractivity contribution < 1.29 is 14.0 Å². The highest BCUT2D eigenvalue weighted by atomic mass is 19.1. The molecule has 1 aromatic heterocycles. The van der Waals surface area contributed by atoms with Crippen LogP contribution in [0.2, 0.25) is 0 Å². The highest BCUT2D eigenvalue weighted by Gasteiger charge is 2.30. The molecule has 1 aromatic carbocycles. The van der Waals surface area contributed by atoms with Gasteiger partial charge in [-0.3, -0.25) is 4.90 Å². The van der Waals surface area contributed by atoms with Crippen molar-refractivity contribution >= 4 is 0 Å². The number of nitrogens with zero attached hydrogens (tertiary/aromatic N) is 3. The minimum Gasteiger partial charge on any atom is -0.396 e. The summed E-state index contributed by atoms with van der Waals surface area (Å²) in [5, 5.41) is 14.1. The highest BCUT2D eigenvalue weighted by Crippen LogP contribution is 2.30. The van der Waals surface area contributed by atoms with E-state index in [1.54, 1.807) is 6.07 Å². The van der Waals surface area contributed by atoms with Crippen molar-refractivity contribution in [2.45, 2.75) is 44.1 Å². The molecule has 0 amide bonds. The molecule has 0 spiro atoms. The minimum atomic E-state index is -0.259. The van der Waals surface area contributed by atoms with E-state index in [4.69, 9.17) is 4.52 Å². The Morgan fingerprint density at radius 1 is 1.29 bits per heavy atom. The van der Waals surface area contributed by atoms with Crippen LogP contribution < -0.4 is 0 Å². The van der Waals surface area contributed by atoms with Crippen LogP contribution in [0.5, 0.6) is 0 Å². The normalized spacial score (nSPS) is 22.2. The quantitative estimate of drug-likeness (QED) is 0.826. The van der Waals surface area contributed by atoms with E-state index in [-0.39, 0.29) is 18.3 Å². The molecule has 1 aliphatic carbocycles. The van der Waals surface area contributed by atoms with Crippen LogP contribution in [-0.4, -0.2) is 65.9 Å². The lowest BCUT2D eigenvalue weighted by Crippen LogP contribution is -2.50. The Balaban J connectivity index is 1.41. The van der Waals surface area contributed by atoms with Gasteiger partial charge in [0, 0.05) is 56.7 Å². The Kier molecular flexibility index (Phi) is 6.09. The number of benzene rings is 1. The zero-order valence-corrected chi connectivity index (χ0v) is 16.6. The molecule has 1 aliphatic heterocycles. The first-order valence-electron chi connectivity index (χ1n) is 10.4. The van der Waals surface area contributed by atoms with Crippen molar-refractivity contribution in [3.05, 3.63) is 52.7 Å². The third-order valence-electron chi connectivity index (χ3n) is 6.42. The van der Waals surface area contributed by atoms with Crippen LogP contribution >= 0.6 is 0 Å². The van der Waals surface area contributed by atoms with Crippen LogP contribution in [0.1, 0.15) is 41.3 Å². The molecule has 1 fully saturated rings. The number of aliphatic hydroxyl groups is 1. The summed E-state index contributed by atoms with van der Waals surface area (Å²) >= 11 is 0. The maximum absolute atomic E-state index is 13.5. The molecule has 5 nitrogen and oxygen atoms in total. The number of hydrogen-bond acceptors (Lipinski definition) is 5. The summed E-state index contributed by atoms with van der Waals surface area (Å²) in [5.41, 5.74) is 3.13. The molecule has 4 rings (SSSR count). The van der Waals surface area contributed by atoms with Gasteiger partial charge in [-0.25, -0.2) is 4.39 Å². The monoisotopic (exact) mass is 387 g/mol. The van der Waals surface area contributed by atoms with Gasteiger partial charge in [0.2, 0.25) is 0 Å². The molecule has 2 unspecified atom stereocenters. The fourth-order valence-electron chi connectivity index (χ4n) is 4.58. The average Bonchev–Trinajstić information content (AvgIpc) is 3.11. The summed E-state index contributed by atoms with van der Waals surface area (Å²) in [4.78, 5) is 5.00. The lowest BCUT2D eigenvalue weighted by atomic mass is 9.88. The third-order valence-corrected chi connectivity index (χ3v) is 6.42. The summed E-state index contributed by atoms with van der Waals surface area (Å²) in [6, 6.07) is 7.10. The molecule has 1 saturated heterocycles. The largest absolute Gasteiger partial charge is 0.396 e. The molecule has 2 aromatic rings. The number of piperazine rings is 1. The lowest BCUT2D eigenvalue weighted by molar-refractivity contribution is 0.102. The van der Waals surface area contributed by atoms with Crippen molar-refractivity contribution in [2.75, 3.05) is 39.8 Å². The van der Waals surface area contributed by atoms with E-state index in [0.29, 0.717) is 6.04 Å². The molecule has 2 aliphatic rings. The van der Waals surface area contributed by atoms with Gasteiger partial charge in [-0.2, -0.15) is 0 Å². The van der Waals surface area contributed by atoms with Crippen LogP contribution in [0.15, 0.2) is 28.8 Å². The minimum absolute atomic E-state index is 0.00736. The standard InChI is InChI=1S/C22H30FN3O2/c1-25-9-11-26(12-10-25)19-6-8-22-20(14-19)21(24-28-22)7-5-17(15-27)16-3-2-4-18(23)13-16/h2-4,13,17,19,27H,5-12,14-15H2,1H3. The highest BCUT2D eigenvalue weighted by molar-refractivity contribution is 5.28. The second kappa shape index (κ2) is 8.72. The molecule has 28 heavy (non-hydrogen) atoms. The molecule has 0 bridgehead atoms. The van der Waals surface area contributed by atoms with Crippen molar-refractivity contribution in [1.29, 1.82) is 0 Å². The van der Waals surface area contributed by atoms with E-state index in [1.165, 1.54) is 17.7 Å². The molecule has 0 radical (unpaired) electrons. The maximum Gasteiger partial charge on any atom is 0.140 e. The second-order valence-corrected chi connectivity index (χ2v) is 8.24. The summed E-state index contributed by atoms with van der Waals surface area (Å²) in [5.74, 6) is 0.691. The molecule has 2 heterocycles. The summed E-state index contributed by atoms with van der Waals surface area (Å²) in [6.07, 6.45) is 4.57. The Morgan fingerprint density at radius 3 is 2.86 bits per heavy atom. The van der Waals surface area contributed by atoms with E-state index >= 15 is 0 Å². The summed E-state index contributed by atoms with van der Waals surface area (Å²) in [7, 11) is 2.19. The summed E-state index contributed by atoms with van der Waals surface area (Å²) in [6.45, 7) is 4.53. The Hall–Kier alpha value is -1.76. The van der Waals surface area contributed by atoms with Gasteiger partial charge in [0.15, 0.2) is 0 Å². The van der Waals surface area contributed by atoms with Crippen molar-refractivity contribution in [3.63, 3.8) is 0 Å². The predicted octanol–water partition coefficient (Wildman–Crippen LogP) is 2.63. The smallest absolute Gasteiger partial charge is 0.140 e. The number of likely N-dealkylation sites (N-methyl/N-ethyl adjacent to an activating group) is 1. The van der Waals surface area contributed by atoms with Gasteiger partial charge >= 0.3 is 0 Å². The van der Waals surface area contributed by atoms with Crippen LogP contribution in [-0.2, 0) is 19.3 Å². The van der Waals surface area contributed by atoms with E-state index < -0.39 is 0 Å². The molecule has 2 atom stereocenters. The van der Waals surface area contributed by atoms with E-state index in [0.717, 1.165) is 75.3 Å². The van der Waals surface area contributed by atoms with E-state index in [2.05, 4.69) is 22.0 Å². The average molecular weight is 387 g/mol. The van der Waals surface area contributed by atoms with Gasteiger partial charge in [0.25, 0.3) is 0 Å². The van der Waals surface area contributed by atoms with Gasteiger partial charge in [-0.1, -0.05) is 17.3 Å². The van der Waals surface area contributed by atoms with Gasteiger partial charge in [0.1, 0.15) is 11.6 Å². The molecular formula is C22H30FN3O2. The van der Waals surface area contributed by atoms with Crippen LogP contribution in [0.25, 0.3) is 0 Å². The summed E-state index contributed by atoms with van der Waals surface area (Å²) < 4.78 is 19.2. The van der Waals surface area contributed by atoms with Gasteiger partial charge in [-0.05, 0) is 50.4 Å². The first-order chi connectivity index (χ1) is 13.6. The number of halogens is 1. The second-order valence-electron chi connectivity index (χ2n) is 8.24. The molecule has 1 N–H and O–H groups in total. The maximum atomic E-state index is 13.5. The first kappa shape index (κ1) is 19.6. The predicted molar refractivity (Wildman–Crippen MR) is 106 cm³/mol. The van der Waals surface area contributed by atoms with Gasteiger partial charge in [0.05, 0.1) is 5.69 Å². The van der Waals surface area contributed by atoms with Gasteiger partial charge in [-0.15, -0.1) is 0 Å². The van der Waals surface area contributed by atoms with Gasteiger partial charge < -0.3 is 14.5 Å². The Labute approximate surface area is 166 Å². The molecule has 152 valence electrons.